The molecule has 1 amide bonds. The van der Waals surface area contributed by atoms with Crippen molar-refractivity contribution in [3.05, 3.63) is 83.3 Å². The number of hydrogen-bond donors (Lipinski definition) is 0. The van der Waals surface area contributed by atoms with Gasteiger partial charge in [-0.15, -0.1) is 10.2 Å². The van der Waals surface area contributed by atoms with Gasteiger partial charge < -0.3 is 14.2 Å². The Labute approximate surface area is 195 Å². The number of amides is 1. The average molecular weight is 469 g/mol. The van der Waals surface area contributed by atoms with Crippen LogP contribution >= 0.6 is 0 Å². The number of fused-ring (bicyclic) bond motifs is 1. The van der Waals surface area contributed by atoms with Gasteiger partial charge in [-0.3, -0.25) is 4.79 Å². The lowest BCUT2D eigenvalue weighted by Gasteiger charge is -2.47. The Balaban J connectivity index is 1.53. The number of ether oxygens (including phenoxy) is 1. The molecule has 2 aliphatic rings. The Morgan fingerprint density at radius 2 is 2.00 bits per heavy atom. The van der Waals surface area contributed by atoms with E-state index in [0.29, 0.717) is 18.2 Å². The van der Waals surface area contributed by atoms with E-state index in [1.54, 1.807) is 19.5 Å². The number of aryl methyl sites for hydroxylation is 1. The molecule has 1 aromatic heterocycles. The van der Waals surface area contributed by atoms with Gasteiger partial charge >= 0.3 is 6.18 Å². The largest absolute Gasteiger partial charge is 0.416 e. The van der Waals surface area contributed by atoms with E-state index in [0.717, 1.165) is 30.3 Å². The minimum absolute atomic E-state index is 0.0119. The Morgan fingerprint density at radius 3 is 2.65 bits per heavy atom. The fourth-order valence-corrected chi connectivity index (χ4v) is 5.44. The highest BCUT2D eigenvalue weighted by Crippen LogP contribution is 2.52. The quantitative estimate of drug-likeness (QED) is 0.551. The molecule has 0 bridgehead atoms. The fraction of sp³-hybridized carbons (Fsp3) is 0.360. The summed E-state index contributed by atoms with van der Waals surface area (Å²) in [4.78, 5) is 14.6. The van der Waals surface area contributed by atoms with Gasteiger partial charge in [0, 0.05) is 32.0 Å². The summed E-state index contributed by atoms with van der Waals surface area (Å²) in [5.41, 5.74) is 0.492. The minimum atomic E-state index is -4.56. The van der Waals surface area contributed by atoms with Crippen molar-refractivity contribution < 1.29 is 22.7 Å². The maximum absolute atomic E-state index is 13.7. The number of rotatable bonds is 5. The first kappa shape index (κ1) is 22.6. The summed E-state index contributed by atoms with van der Waals surface area (Å²) in [7, 11) is 3.56. The smallest absolute Gasteiger partial charge is 0.384 e. The van der Waals surface area contributed by atoms with Gasteiger partial charge in [-0.05, 0) is 66.6 Å². The second kappa shape index (κ2) is 7.94. The maximum Gasteiger partial charge on any atom is 0.416 e. The van der Waals surface area contributed by atoms with Gasteiger partial charge in [0.2, 0.25) is 0 Å². The number of methoxy groups -OCH3 is 1. The van der Waals surface area contributed by atoms with Crippen LogP contribution in [-0.2, 0) is 29.9 Å². The number of nitrogens with zero attached hydrogens (tertiary/aromatic N) is 4. The molecule has 0 N–H and O–H groups in total. The second-order valence-corrected chi connectivity index (χ2v) is 9.19. The van der Waals surface area contributed by atoms with Gasteiger partial charge in [0.15, 0.2) is 0 Å². The topological polar surface area (TPSA) is 60.3 Å². The monoisotopic (exact) mass is 469 g/mol. The number of alkyl halides is 3. The van der Waals surface area contributed by atoms with E-state index in [4.69, 9.17) is 4.74 Å². The summed E-state index contributed by atoms with van der Waals surface area (Å²) in [6.45, 7) is 4.12. The number of aromatic nitrogens is 3. The Morgan fingerprint density at radius 1 is 1.24 bits per heavy atom. The molecule has 34 heavy (non-hydrogen) atoms. The zero-order valence-corrected chi connectivity index (χ0v) is 18.9. The molecule has 3 aromatic rings. The summed E-state index contributed by atoms with van der Waals surface area (Å²) in [5, 5.41) is 8.41. The molecule has 6 nitrogen and oxygen atoms in total. The first-order valence-electron chi connectivity index (χ1n) is 11.0. The summed E-state index contributed by atoms with van der Waals surface area (Å²) >= 11 is 0. The van der Waals surface area contributed by atoms with Gasteiger partial charge in [0.1, 0.15) is 12.2 Å². The van der Waals surface area contributed by atoms with Crippen LogP contribution in [0.5, 0.6) is 0 Å². The van der Waals surface area contributed by atoms with Crippen LogP contribution in [0.3, 0.4) is 0 Å². The summed E-state index contributed by atoms with van der Waals surface area (Å²) in [6, 6.07) is 9.88. The van der Waals surface area contributed by atoms with Crippen LogP contribution < -0.4 is 4.90 Å². The summed E-state index contributed by atoms with van der Waals surface area (Å²) in [6.07, 6.45) is -1.31. The third kappa shape index (κ3) is 3.50. The normalized spacial score (nSPS) is 22.1. The van der Waals surface area contributed by atoms with E-state index in [9.17, 15) is 18.0 Å². The molecule has 1 aliphatic heterocycles. The molecular formula is C25H24F3N4O2. The molecule has 1 aliphatic carbocycles. The van der Waals surface area contributed by atoms with Crippen molar-refractivity contribution in [2.24, 2.45) is 13.0 Å². The molecule has 0 unspecified atom stereocenters. The average Bonchev–Trinajstić information content (AvgIpc) is 3.33. The van der Waals surface area contributed by atoms with Gasteiger partial charge in [-0.25, -0.2) is 0 Å². The predicted molar refractivity (Wildman–Crippen MR) is 119 cm³/mol. The predicted octanol–water partition coefficient (Wildman–Crippen LogP) is 4.52. The van der Waals surface area contributed by atoms with Crippen molar-refractivity contribution >= 4 is 11.6 Å². The molecule has 1 radical (unpaired) electrons. The van der Waals surface area contributed by atoms with Gasteiger partial charge in [0.25, 0.3) is 5.91 Å². The van der Waals surface area contributed by atoms with Crippen molar-refractivity contribution in [3.8, 4) is 0 Å². The molecule has 0 saturated heterocycles. The van der Waals surface area contributed by atoms with E-state index < -0.39 is 23.1 Å². The number of carbonyl (C=O) groups is 1. The number of benzene rings is 2. The van der Waals surface area contributed by atoms with Crippen LogP contribution in [0.1, 0.15) is 51.3 Å². The third-order valence-corrected chi connectivity index (χ3v) is 6.93. The van der Waals surface area contributed by atoms with Gasteiger partial charge in [-0.2, -0.15) is 13.2 Å². The molecule has 1 saturated carbocycles. The molecule has 9 heteroatoms. The first-order chi connectivity index (χ1) is 16.1. The van der Waals surface area contributed by atoms with Gasteiger partial charge in [0.05, 0.1) is 17.5 Å². The van der Waals surface area contributed by atoms with Crippen molar-refractivity contribution in [2.75, 3.05) is 18.6 Å². The van der Waals surface area contributed by atoms with Crippen LogP contribution in [-0.4, -0.2) is 34.4 Å². The second-order valence-electron chi connectivity index (χ2n) is 9.19. The summed E-state index contributed by atoms with van der Waals surface area (Å²) in [5.74, 6) is 0.712. The van der Waals surface area contributed by atoms with Crippen molar-refractivity contribution in [2.45, 2.75) is 31.0 Å². The SMILES string of the molecule is [CH2]c1cc2c(c(C(F)(F)F)c1)CN(c1cccc(C3(c4nncn4C)CC(COC)C3)c1)C2=O. The van der Waals surface area contributed by atoms with E-state index in [2.05, 4.69) is 17.1 Å². The first-order valence-corrected chi connectivity index (χ1v) is 11.0. The van der Waals surface area contributed by atoms with Crippen LogP contribution in [0.2, 0.25) is 0 Å². The van der Waals surface area contributed by atoms with Crippen LogP contribution in [0.15, 0.2) is 42.7 Å². The minimum Gasteiger partial charge on any atom is -0.384 e. The Kier molecular flexibility index (Phi) is 5.27. The van der Waals surface area contributed by atoms with Crippen molar-refractivity contribution in [1.29, 1.82) is 0 Å². The fourth-order valence-electron chi connectivity index (χ4n) is 5.44. The van der Waals surface area contributed by atoms with E-state index >= 15 is 0 Å². The third-order valence-electron chi connectivity index (χ3n) is 6.93. The van der Waals surface area contributed by atoms with Crippen LogP contribution in [0, 0.1) is 12.8 Å². The maximum atomic E-state index is 13.7. The number of hydrogen-bond acceptors (Lipinski definition) is 4. The zero-order valence-electron chi connectivity index (χ0n) is 18.9. The zero-order chi connectivity index (χ0) is 24.3. The molecule has 0 spiro atoms. The van der Waals surface area contributed by atoms with Crippen LogP contribution in [0.25, 0.3) is 0 Å². The molecule has 2 aromatic carbocycles. The Bertz CT molecular complexity index is 1260. The summed E-state index contributed by atoms with van der Waals surface area (Å²) < 4.78 is 48.2. The van der Waals surface area contributed by atoms with Crippen molar-refractivity contribution in [1.82, 2.24) is 14.8 Å². The van der Waals surface area contributed by atoms with Crippen molar-refractivity contribution in [3.63, 3.8) is 0 Å². The molecular weight excluding hydrogens is 445 g/mol. The Hall–Kier alpha value is -3.20. The highest BCUT2D eigenvalue weighted by molar-refractivity contribution is 6.10. The van der Waals surface area contributed by atoms with E-state index in [-0.39, 0.29) is 23.2 Å². The number of anilines is 1. The standard InChI is InChI=1S/C25H24F3N4O2/c1-15-7-19-20(21(8-15)25(26,27)28)12-32(22(19)33)18-6-4-5-17(9-18)24(10-16(11-24)13-34-3)23-30-29-14-31(23)2/h4-9,14,16H,1,10-13H2,2-3H3. The van der Waals surface area contributed by atoms with Crippen LogP contribution in [0.4, 0.5) is 18.9 Å². The lowest BCUT2D eigenvalue weighted by atomic mass is 9.58. The lowest BCUT2D eigenvalue weighted by Crippen LogP contribution is -2.45. The highest BCUT2D eigenvalue weighted by Gasteiger charge is 2.50. The molecule has 0 atom stereocenters. The molecule has 1 fully saturated rings. The van der Waals surface area contributed by atoms with E-state index in [1.165, 1.54) is 11.0 Å². The highest BCUT2D eigenvalue weighted by atomic mass is 19.4. The van der Waals surface area contributed by atoms with Gasteiger partial charge in [-0.1, -0.05) is 12.1 Å². The van der Waals surface area contributed by atoms with E-state index in [1.807, 2.05) is 29.8 Å². The molecule has 2 heterocycles. The molecule has 5 rings (SSSR count). The number of halogens is 3. The lowest BCUT2D eigenvalue weighted by molar-refractivity contribution is -0.138. The molecule has 177 valence electrons. The number of carbonyl (C=O) groups excluding carboxylic acids is 1.